The summed E-state index contributed by atoms with van der Waals surface area (Å²) in [5, 5.41) is 3.89. The molecule has 7 heteroatoms. The molecule has 7 nitrogen and oxygen atoms in total. The molecule has 0 aliphatic carbocycles. The number of hydrogen-bond donors (Lipinski definition) is 1. The fourth-order valence-electron chi connectivity index (χ4n) is 4.19. The monoisotopic (exact) mass is 432 g/mol. The van der Waals surface area contributed by atoms with E-state index in [0.29, 0.717) is 18.0 Å². The summed E-state index contributed by atoms with van der Waals surface area (Å²) in [6.07, 6.45) is 0. The first kappa shape index (κ1) is 21.5. The van der Waals surface area contributed by atoms with Crippen LogP contribution < -0.4 is 10.1 Å². The van der Waals surface area contributed by atoms with Crippen LogP contribution in [0.5, 0.6) is 5.75 Å². The van der Waals surface area contributed by atoms with Crippen LogP contribution in [0.2, 0.25) is 0 Å². The third kappa shape index (κ3) is 3.49. The molecule has 2 heterocycles. The molecule has 0 atom stereocenters. The van der Waals surface area contributed by atoms with Crippen molar-refractivity contribution in [3.8, 4) is 5.75 Å². The molecule has 1 N–H and O–H groups in total. The van der Waals surface area contributed by atoms with Gasteiger partial charge in [-0.3, -0.25) is 9.36 Å². The SMILES string of the molecule is COc1ccccc1CNC(=O)c1cc2c(c3ccccc3n2C(C)C)n1C(=O)N(C)C. The van der Waals surface area contributed by atoms with Crippen LogP contribution in [0.4, 0.5) is 4.79 Å². The maximum absolute atomic E-state index is 13.3. The molecule has 2 aromatic carbocycles. The third-order valence-electron chi connectivity index (χ3n) is 5.61. The fourth-order valence-corrected chi connectivity index (χ4v) is 4.19. The Kier molecular flexibility index (Phi) is 5.65. The van der Waals surface area contributed by atoms with E-state index in [1.54, 1.807) is 21.2 Å². The average Bonchev–Trinajstić information content (AvgIpc) is 3.31. The highest BCUT2D eigenvalue weighted by Crippen LogP contribution is 2.34. The number of methoxy groups -OCH3 is 1. The molecule has 2 aromatic heterocycles. The van der Waals surface area contributed by atoms with Crippen molar-refractivity contribution < 1.29 is 14.3 Å². The topological polar surface area (TPSA) is 68.5 Å². The van der Waals surface area contributed by atoms with Crippen molar-refractivity contribution in [1.82, 2.24) is 19.4 Å². The van der Waals surface area contributed by atoms with Crippen molar-refractivity contribution in [2.45, 2.75) is 26.4 Å². The molecule has 0 spiro atoms. The van der Waals surface area contributed by atoms with E-state index >= 15 is 0 Å². The number of para-hydroxylation sites is 2. The molecular weight excluding hydrogens is 404 g/mol. The summed E-state index contributed by atoms with van der Waals surface area (Å²) in [6.45, 7) is 4.48. The number of carbonyl (C=O) groups is 2. The number of aromatic nitrogens is 2. The third-order valence-corrected chi connectivity index (χ3v) is 5.61. The number of rotatable bonds is 5. The zero-order valence-corrected chi connectivity index (χ0v) is 19.0. The molecule has 0 aliphatic heterocycles. The van der Waals surface area contributed by atoms with E-state index in [0.717, 1.165) is 27.5 Å². The van der Waals surface area contributed by atoms with Gasteiger partial charge in [0.05, 0.1) is 23.7 Å². The first-order valence-electron chi connectivity index (χ1n) is 10.6. The normalized spacial score (nSPS) is 11.3. The van der Waals surface area contributed by atoms with E-state index in [4.69, 9.17) is 4.74 Å². The van der Waals surface area contributed by atoms with Crippen molar-refractivity contribution in [2.75, 3.05) is 21.2 Å². The number of carbonyl (C=O) groups excluding carboxylic acids is 2. The minimum Gasteiger partial charge on any atom is -0.496 e. The predicted octanol–water partition coefficient (Wildman–Crippen LogP) is 4.65. The summed E-state index contributed by atoms with van der Waals surface area (Å²) in [4.78, 5) is 28.0. The molecule has 4 rings (SSSR count). The number of hydrogen-bond acceptors (Lipinski definition) is 3. The lowest BCUT2D eigenvalue weighted by Gasteiger charge is -2.15. The summed E-state index contributed by atoms with van der Waals surface area (Å²) in [7, 11) is 4.97. The lowest BCUT2D eigenvalue weighted by molar-refractivity contribution is 0.0942. The minimum atomic E-state index is -0.318. The molecule has 2 amide bonds. The van der Waals surface area contributed by atoms with Gasteiger partial charge < -0.3 is 19.5 Å². The van der Waals surface area contributed by atoms with Crippen LogP contribution in [0, 0.1) is 0 Å². The van der Waals surface area contributed by atoms with Crippen LogP contribution in [-0.2, 0) is 6.54 Å². The van der Waals surface area contributed by atoms with E-state index in [1.807, 2.05) is 54.6 Å². The number of nitrogens with zero attached hydrogens (tertiary/aromatic N) is 3. The highest BCUT2D eigenvalue weighted by Gasteiger charge is 2.26. The first-order valence-corrected chi connectivity index (χ1v) is 10.6. The van der Waals surface area contributed by atoms with Gasteiger partial charge in [0, 0.05) is 37.6 Å². The van der Waals surface area contributed by atoms with Crippen LogP contribution in [0.25, 0.3) is 21.9 Å². The predicted molar refractivity (Wildman–Crippen MR) is 126 cm³/mol. The summed E-state index contributed by atoms with van der Waals surface area (Å²) in [5.41, 5.74) is 3.81. The van der Waals surface area contributed by atoms with Gasteiger partial charge in [0.25, 0.3) is 5.91 Å². The van der Waals surface area contributed by atoms with Gasteiger partial charge in [-0.05, 0) is 32.0 Å². The molecule has 4 aromatic rings. The number of nitrogens with one attached hydrogen (secondary N) is 1. The van der Waals surface area contributed by atoms with Crippen LogP contribution in [0.1, 0.15) is 35.9 Å². The van der Waals surface area contributed by atoms with Crippen molar-refractivity contribution >= 4 is 33.9 Å². The van der Waals surface area contributed by atoms with Gasteiger partial charge in [0.2, 0.25) is 0 Å². The van der Waals surface area contributed by atoms with Crippen molar-refractivity contribution in [1.29, 1.82) is 0 Å². The van der Waals surface area contributed by atoms with Crippen molar-refractivity contribution in [2.24, 2.45) is 0 Å². The molecule has 0 radical (unpaired) electrons. The number of fused-ring (bicyclic) bond motifs is 3. The van der Waals surface area contributed by atoms with E-state index in [-0.39, 0.29) is 18.0 Å². The molecule has 0 unspecified atom stereocenters. The van der Waals surface area contributed by atoms with Gasteiger partial charge >= 0.3 is 6.03 Å². The molecule has 32 heavy (non-hydrogen) atoms. The average molecular weight is 433 g/mol. The van der Waals surface area contributed by atoms with Crippen LogP contribution in [0.3, 0.4) is 0 Å². The quantitative estimate of drug-likeness (QED) is 0.499. The minimum absolute atomic E-state index is 0.159. The molecule has 0 aliphatic rings. The molecule has 166 valence electrons. The van der Waals surface area contributed by atoms with E-state index in [2.05, 4.69) is 23.7 Å². The largest absolute Gasteiger partial charge is 0.496 e. The summed E-state index contributed by atoms with van der Waals surface area (Å²) < 4.78 is 9.07. The summed E-state index contributed by atoms with van der Waals surface area (Å²) in [5.74, 6) is 0.386. The lowest BCUT2D eigenvalue weighted by Crippen LogP contribution is -2.32. The molecular formula is C25H28N4O3. The Labute approximate surface area is 187 Å². The van der Waals surface area contributed by atoms with E-state index < -0.39 is 0 Å². The van der Waals surface area contributed by atoms with Gasteiger partial charge in [-0.25, -0.2) is 4.79 Å². The van der Waals surface area contributed by atoms with Gasteiger partial charge in [-0.15, -0.1) is 0 Å². The zero-order valence-electron chi connectivity index (χ0n) is 19.0. The zero-order chi connectivity index (χ0) is 23.0. The van der Waals surface area contributed by atoms with Gasteiger partial charge in [-0.2, -0.15) is 0 Å². The second-order valence-electron chi connectivity index (χ2n) is 8.25. The van der Waals surface area contributed by atoms with Crippen LogP contribution in [0.15, 0.2) is 54.6 Å². The van der Waals surface area contributed by atoms with Crippen LogP contribution >= 0.6 is 0 Å². The molecule has 0 saturated carbocycles. The number of benzene rings is 2. The molecule has 0 fully saturated rings. The highest BCUT2D eigenvalue weighted by molar-refractivity contribution is 6.14. The first-order chi connectivity index (χ1) is 15.3. The Morgan fingerprint density at radius 3 is 2.41 bits per heavy atom. The van der Waals surface area contributed by atoms with E-state index in [9.17, 15) is 9.59 Å². The van der Waals surface area contributed by atoms with Gasteiger partial charge in [0.15, 0.2) is 0 Å². The van der Waals surface area contributed by atoms with E-state index in [1.165, 1.54) is 9.47 Å². The maximum Gasteiger partial charge on any atom is 0.328 e. The Morgan fingerprint density at radius 1 is 1.03 bits per heavy atom. The fraction of sp³-hybridized carbons (Fsp3) is 0.280. The smallest absolute Gasteiger partial charge is 0.328 e. The number of ether oxygens (including phenoxy) is 1. The molecule has 0 saturated heterocycles. The van der Waals surface area contributed by atoms with Gasteiger partial charge in [0.1, 0.15) is 11.4 Å². The Morgan fingerprint density at radius 2 is 1.72 bits per heavy atom. The standard InChI is InChI=1S/C25H28N4O3/c1-16(2)28-19-12-8-7-11-18(19)23-20(28)14-21(29(23)25(31)27(3)4)24(30)26-15-17-10-6-9-13-22(17)32-5/h6-14,16H,15H2,1-5H3,(H,26,30). The van der Waals surface area contributed by atoms with Gasteiger partial charge in [-0.1, -0.05) is 36.4 Å². The lowest BCUT2D eigenvalue weighted by atomic mass is 10.2. The second-order valence-corrected chi connectivity index (χ2v) is 8.25. The second kappa shape index (κ2) is 8.42. The maximum atomic E-state index is 13.3. The Bertz CT molecular complexity index is 1310. The highest BCUT2D eigenvalue weighted by atomic mass is 16.5. The van der Waals surface area contributed by atoms with Crippen molar-refractivity contribution in [3.63, 3.8) is 0 Å². The van der Waals surface area contributed by atoms with Crippen LogP contribution in [-0.4, -0.2) is 47.2 Å². The Balaban J connectivity index is 1.85. The summed E-state index contributed by atoms with van der Waals surface area (Å²) in [6, 6.07) is 17.2. The Hall–Kier alpha value is -3.74. The molecule has 0 bridgehead atoms. The van der Waals surface area contributed by atoms with Crippen molar-refractivity contribution in [3.05, 3.63) is 65.9 Å². The summed E-state index contributed by atoms with van der Waals surface area (Å²) >= 11 is 0. The number of amides is 2.